The van der Waals surface area contributed by atoms with Gasteiger partial charge in [0.2, 0.25) is 5.91 Å². The van der Waals surface area contributed by atoms with Crippen molar-refractivity contribution in [3.63, 3.8) is 0 Å². The van der Waals surface area contributed by atoms with Gasteiger partial charge in [0.05, 0.1) is 22.9 Å². The highest BCUT2D eigenvalue weighted by atomic mass is 32.2. The topological polar surface area (TPSA) is 98.1 Å². The zero-order valence-corrected chi connectivity index (χ0v) is 19.9. The zero-order valence-electron chi connectivity index (χ0n) is 17.5. The van der Waals surface area contributed by atoms with Gasteiger partial charge in [0.15, 0.2) is 20.1 Å². The van der Waals surface area contributed by atoms with Crippen molar-refractivity contribution >= 4 is 49.7 Å². The summed E-state index contributed by atoms with van der Waals surface area (Å²) in [5, 5.41) is 11.8. The number of hydrogen-bond acceptors (Lipinski definition) is 8. The number of hydrogen-bond donors (Lipinski definition) is 0. The molecule has 0 spiro atoms. The maximum atomic E-state index is 12.3. The highest BCUT2D eigenvalue weighted by molar-refractivity contribution is 7.98. The van der Waals surface area contributed by atoms with Gasteiger partial charge in [-0.3, -0.25) is 9.69 Å². The van der Waals surface area contributed by atoms with Crippen molar-refractivity contribution < 1.29 is 13.2 Å². The van der Waals surface area contributed by atoms with Crippen LogP contribution in [-0.2, 0) is 27.4 Å². The van der Waals surface area contributed by atoms with Gasteiger partial charge in [-0.2, -0.15) is 0 Å². The van der Waals surface area contributed by atoms with E-state index in [2.05, 4.69) is 15.2 Å². The summed E-state index contributed by atoms with van der Waals surface area (Å²) < 4.78 is 25.4. The van der Waals surface area contributed by atoms with Crippen LogP contribution in [0.15, 0.2) is 34.8 Å². The Morgan fingerprint density at radius 1 is 1.35 bits per heavy atom. The van der Waals surface area contributed by atoms with Gasteiger partial charge in [-0.05, 0) is 31.0 Å². The van der Waals surface area contributed by atoms with Crippen molar-refractivity contribution in [2.24, 2.45) is 7.05 Å². The Morgan fingerprint density at radius 2 is 2.16 bits per heavy atom. The molecule has 8 nitrogen and oxygen atoms in total. The van der Waals surface area contributed by atoms with Crippen molar-refractivity contribution in [1.29, 1.82) is 0 Å². The van der Waals surface area contributed by atoms with Crippen LogP contribution in [0.4, 0.5) is 10.8 Å². The second kappa shape index (κ2) is 8.71. The van der Waals surface area contributed by atoms with Crippen molar-refractivity contribution in [2.45, 2.75) is 37.1 Å². The number of rotatable bonds is 6. The number of aromatic nitrogens is 4. The molecule has 1 aromatic carbocycles. The minimum Gasteiger partial charge on any atom is -0.309 e. The second-order valence-corrected chi connectivity index (χ2v) is 11.6. The Balaban J connectivity index is 1.47. The Labute approximate surface area is 189 Å². The van der Waals surface area contributed by atoms with Crippen LogP contribution in [0.25, 0.3) is 0 Å². The molecule has 164 valence electrons. The standard InChI is InChI=1S/C20H23N5O3S3/c1-13-5-4-6-17(9-13)25(14(2)26)19-21-16(10-29-19)11-30-20-23-22-18(24(20)3)15-7-8-31(27,28)12-15/h4-6,9-10,15H,7-8,11-12H2,1-3H3. The molecule has 1 saturated heterocycles. The van der Waals surface area contributed by atoms with Gasteiger partial charge in [-0.25, -0.2) is 13.4 Å². The molecular weight excluding hydrogens is 454 g/mol. The van der Waals surface area contributed by atoms with Crippen LogP contribution in [0.2, 0.25) is 0 Å². The van der Waals surface area contributed by atoms with Gasteiger partial charge in [0.1, 0.15) is 5.82 Å². The van der Waals surface area contributed by atoms with Gasteiger partial charge >= 0.3 is 0 Å². The molecule has 0 radical (unpaired) electrons. The van der Waals surface area contributed by atoms with E-state index < -0.39 is 9.84 Å². The number of carbonyl (C=O) groups excluding carboxylic acids is 1. The molecule has 0 bridgehead atoms. The largest absolute Gasteiger partial charge is 0.309 e. The predicted molar refractivity (Wildman–Crippen MR) is 123 cm³/mol. The fourth-order valence-electron chi connectivity index (χ4n) is 3.60. The number of thiazole rings is 1. The highest BCUT2D eigenvalue weighted by Crippen LogP contribution is 2.33. The van der Waals surface area contributed by atoms with E-state index in [0.29, 0.717) is 23.1 Å². The van der Waals surface area contributed by atoms with Crippen LogP contribution in [-0.4, -0.2) is 45.6 Å². The maximum Gasteiger partial charge on any atom is 0.230 e. The third kappa shape index (κ3) is 4.83. The first-order valence-corrected chi connectivity index (χ1v) is 13.5. The van der Waals surface area contributed by atoms with E-state index in [0.717, 1.165) is 22.1 Å². The molecule has 11 heteroatoms. The number of sulfone groups is 1. The lowest BCUT2D eigenvalue weighted by Crippen LogP contribution is -2.22. The van der Waals surface area contributed by atoms with E-state index in [4.69, 9.17) is 0 Å². The highest BCUT2D eigenvalue weighted by Gasteiger charge is 2.32. The summed E-state index contributed by atoms with van der Waals surface area (Å²) in [5.41, 5.74) is 2.71. The zero-order chi connectivity index (χ0) is 22.2. The Kier molecular flexibility index (Phi) is 6.18. The minimum absolute atomic E-state index is 0.0939. The molecule has 31 heavy (non-hydrogen) atoms. The van der Waals surface area contributed by atoms with E-state index in [9.17, 15) is 13.2 Å². The van der Waals surface area contributed by atoms with Crippen LogP contribution >= 0.6 is 23.1 Å². The molecule has 1 amide bonds. The number of aryl methyl sites for hydroxylation is 1. The smallest absolute Gasteiger partial charge is 0.230 e. The first-order valence-electron chi connectivity index (χ1n) is 9.78. The van der Waals surface area contributed by atoms with Gasteiger partial charge in [-0.15, -0.1) is 21.5 Å². The van der Waals surface area contributed by atoms with Gasteiger partial charge < -0.3 is 4.57 Å². The summed E-state index contributed by atoms with van der Waals surface area (Å²) in [4.78, 5) is 18.6. The lowest BCUT2D eigenvalue weighted by Gasteiger charge is -2.18. The van der Waals surface area contributed by atoms with Crippen LogP contribution < -0.4 is 4.90 Å². The van der Waals surface area contributed by atoms with E-state index in [-0.39, 0.29) is 23.3 Å². The normalized spacial score (nSPS) is 17.7. The molecule has 1 atom stereocenters. The number of nitrogens with zero attached hydrogens (tertiary/aromatic N) is 5. The summed E-state index contributed by atoms with van der Waals surface area (Å²) in [6.45, 7) is 3.52. The number of benzene rings is 1. The van der Waals surface area contributed by atoms with Crippen molar-refractivity contribution in [3.05, 3.63) is 46.7 Å². The second-order valence-electron chi connectivity index (χ2n) is 7.60. The van der Waals surface area contributed by atoms with Crippen molar-refractivity contribution in [1.82, 2.24) is 19.7 Å². The maximum absolute atomic E-state index is 12.3. The molecule has 4 rings (SSSR count). The van der Waals surface area contributed by atoms with E-state index in [1.807, 2.05) is 48.2 Å². The minimum atomic E-state index is -2.97. The van der Waals surface area contributed by atoms with E-state index in [1.54, 1.807) is 4.90 Å². The van der Waals surface area contributed by atoms with E-state index >= 15 is 0 Å². The molecule has 0 aliphatic carbocycles. The van der Waals surface area contributed by atoms with Gasteiger partial charge in [0, 0.05) is 31.0 Å². The predicted octanol–water partition coefficient (Wildman–Crippen LogP) is 3.46. The van der Waals surface area contributed by atoms with Crippen LogP contribution in [0.5, 0.6) is 0 Å². The molecule has 1 aliphatic heterocycles. The fourth-order valence-corrected chi connectivity index (χ4v) is 7.15. The number of carbonyl (C=O) groups is 1. The molecule has 1 fully saturated rings. The average molecular weight is 478 g/mol. The van der Waals surface area contributed by atoms with Crippen LogP contribution in [0.3, 0.4) is 0 Å². The molecule has 0 N–H and O–H groups in total. The SMILES string of the molecule is CC(=O)N(c1cccc(C)c1)c1nc(CSc2nnc(C3CCS(=O)(=O)C3)n2C)cs1. The van der Waals surface area contributed by atoms with E-state index in [1.165, 1.54) is 30.0 Å². The quantitative estimate of drug-likeness (QED) is 0.502. The average Bonchev–Trinajstić information content (AvgIpc) is 3.39. The summed E-state index contributed by atoms with van der Waals surface area (Å²) in [6, 6.07) is 7.77. The van der Waals surface area contributed by atoms with Gasteiger partial charge in [0.25, 0.3) is 0 Å². The number of amides is 1. The summed E-state index contributed by atoms with van der Waals surface area (Å²) >= 11 is 2.91. The molecule has 1 aliphatic rings. The lowest BCUT2D eigenvalue weighted by molar-refractivity contribution is -0.115. The first-order chi connectivity index (χ1) is 14.7. The summed E-state index contributed by atoms with van der Waals surface area (Å²) in [7, 11) is -1.11. The summed E-state index contributed by atoms with van der Waals surface area (Å²) in [5.74, 6) is 1.45. The molecule has 1 unspecified atom stereocenters. The molecule has 3 heterocycles. The lowest BCUT2D eigenvalue weighted by atomic mass is 10.1. The van der Waals surface area contributed by atoms with Gasteiger partial charge in [-0.1, -0.05) is 23.9 Å². The Morgan fingerprint density at radius 3 is 2.84 bits per heavy atom. The monoisotopic (exact) mass is 477 g/mol. The molecule has 2 aromatic heterocycles. The molecule has 0 saturated carbocycles. The van der Waals surface area contributed by atoms with Crippen LogP contribution in [0, 0.1) is 6.92 Å². The molecule has 3 aromatic rings. The Hall–Kier alpha value is -2.24. The number of anilines is 2. The third-order valence-corrected chi connectivity index (χ3v) is 8.82. The first kappa shape index (κ1) is 22.0. The van der Waals surface area contributed by atoms with Crippen LogP contribution in [0.1, 0.15) is 36.3 Å². The van der Waals surface area contributed by atoms with Crippen molar-refractivity contribution in [2.75, 3.05) is 16.4 Å². The fraction of sp³-hybridized carbons (Fsp3) is 0.400. The molecular formula is C20H23N5O3S3. The third-order valence-electron chi connectivity index (χ3n) is 5.12. The van der Waals surface area contributed by atoms with Crippen molar-refractivity contribution in [3.8, 4) is 0 Å². The summed E-state index contributed by atoms with van der Waals surface area (Å²) in [6.07, 6.45) is 0.592. The Bertz CT molecular complexity index is 1220. The number of thioether (sulfide) groups is 1.